The van der Waals surface area contributed by atoms with Crippen molar-refractivity contribution < 1.29 is 14.4 Å². The monoisotopic (exact) mass is 429 g/mol. The molecule has 8 heteroatoms. The summed E-state index contributed by atoms with van der Waals surface area (Å²) in [6.07, 6.45) is 0. The van der Waals surface area contributed by atoms with Crippen LogP contribution in [0, 0.1) is 6.92 Å². The van der Waals surface area contributed by atoms with Crippen LogP contribution in [-0.2, 0) is 4.79 Å². The number of benzene rings is 2. The third-order valence-electron chi connectivity index (χ3n) is 4.52. The van der Waals surface area contributed by atoms with Gasteiger partial charge in [-0.1, -0.05) is 12.1 Å². The highest BCUT2D eigenvalue weighted by Gasteiger charge is 2.19. The quantitative estimate of drug-likeness (QED) is 0.689. The standard InChI is InChI=1S/C21H23N3O3S2/c1-14-12-15(21(27)24-8-10-28-11-9-24)6-7-17(14)23-20(26)16-4-2-3-5-18(16)29-13-19(22)25/h2-7,12H,8-11,13H2,1H3,(H2,22,25)(H,23,26). The molecule has 1 heterocycles. The minimum absolute atomic E-state index is 0.0273. The summed E-state index contributed by atoms with van der Waals surface area (Å²) in [6.45, 7) is 3.40. The van der Waals surface area contributed by atoms with E-state index < -0.39 is 5.91 Å². The number of primary amides is 1. The Hall–Kier alpha value is -2.45. The molecule has 0 spiro atoms. The minimum Gasteiger partial charge on any atom is -0.369 e. The van der Waals surface area contributed by atoms with Crippen molar-refractivity contribution in [3.8, 4) is 0 Å². The largest absolute Gasteiger partial charge is 0.369 e. The highest BCUT2D eigenvalue weighted by Crippen LogP contribution is 2.25. The van der Waals surface area contributed by atoms with Crippen LogP contribution >= 0.6 is 23.5 Å². The predicted molar refractivity (Wildman–Crippen MR) is 119 cm³/mol. The molecule has 0 saturated carbocycles. The summed E-state index contributed by atoms with van der Waals surface area (Å²) in [5, 5.41) is 2.90. The van der Waals surface area contributed by atoms with E-state index in [9.17, 15) is 14.4 Å². The maximum Gasteiger partial charge on any atom is 0.256 e. The lowest BCUT2D eigenvalue weighted by Gasteiger charge is -2.26. The summed E-state index contributed by atoms with van der Waals surface area (Å²) >= 11 is 3.09. The first-order valence-electron chi connectivity index (χ1n) is 9.25. The molecule has 0 radical (unpaired) electrons. The highest BCUT2D eigenvalue weighted by molar-refractivity contribution is 8.00. The van der Waals surface area contributed by atoms with Gasteiger partial charge in [-0.15, -0.1) is 11.8 Å². The molecule has 29 heavy (non-hydrogen) atoms. The fraction of sp³-hybridized carbons (Fsp3) is 0.286. The normalized spacial score (nSPS) is 13.8. The Bertz CT molecular complexity index is 927. The van der Waals surface area contributed by atoms with Crippen LogP contribution in [0.2, 0.25) is 0 Å². The number of nitrogens with two attached hydrogens (primary N) is 1. The van der Waals surface area contributed by atoms with Gasteiger partial charge in [0.05, 0.1) is 11.3 Å². The van der Waals surface area contributed by atoms with Crippen molar-refractivity contribution in [3.63, 3.8) is 0 Å². The SMILES string of the molecule is Cc1cc(C(=O)N2CCSCC2)ccc1NC(=O)c1ccccc1SCC(N)=O. The number of carbonyl (C=O) groups is 3. The van der Waals surface area contributed by atoms with Crippen LogP contribution in [0.15, 0.2) is 47.4 Å². The Balaban J connectivity index is 1.73. The lowest BCUT2D eigenvalue weighted by molar-refractivity contribution is -0.115. The van der Waals surface area contributed by atoms with Crippen LogP contribution in [0.4, 0.5) is 5.69 Å². The molecule has 1 fully saturated rings. The zero-order valence-corrected chi connectivity index (χ0v) is 17.8. The van der Waals surface area contributed by atoms with Gasteiger partial charge in [0.15, 0.2) is 0 Å². The molecule has 0 bridgehead atoms. The molecule has 3 N–H and O–H groups in total. The molecule has 0 aromatic heterocycles. The van der Waals surface area contributed by atoms with Crippen LogP contribution in [0.3, 0.4) is 0 Å². The summed E-state index contributed by atoms with van der Waals surface area (Å²) in [7, 11) is 0. The first-order valence-corrected chi connectivity index (χ1v) is 11.4. The summed E-state index contributed by atoms with van der Waals surface area (Å²) in [4.78, 5) is 39.1. The number of hydrogen-bond acceptors (Lipinski definition) is 5. The number of aryl methyl sites for hydroxylation is 1. The Kier molecular flexibility index (Phi) is 7.22. The van der Waals surface area contributed by atoms with E-state index in [2.05, 4.69) is 5.32 Å². The van der Waals surface area contributed by atoms with Crippen molar-refractivity contribution in [2.75, 3.05) is 35.7 Å². The maximum absolute atomic E-state index is 12.8. The fourth-order valence-electron chi connectivity index (χ4n) is 3.00. The van der Waals surface area contributed by atoms with Gasteiger partial charge in [-0.25, -0.2) is 0 Å². The summed E-state index contributed by atoms with van der Waals surface area (Å²) in [5.41, 5.74) is 7.78. The number of rotatable bonds is 6. The molecule has 0 aliphatic carbocycles. The van der Waals surface area contributed by atoms with Crippen molar-refractivity contribution in [3.05, 3.63) is 59.2 Å². The molecule has 152 valence electrons. The van der Waals surface area contributed by atoms with E-state index in [-0.39, 0.29) is 17.6 Å². The van der Waals surface area contributed by atoms with Crippen molar-refractivity contribution in [1.82, 2.24) is 4.90 Å². The number of amides is 3. The van der Waals surface area contributed by atoms with Gasteiger partial charge in [-0.2, -0.15) is 11.8 Å². The fourth-order valence-corrected chi connectivity index (χ4v) is 4.70. The van der Waals surface area contributed by atoms with E-state index >= 15 is 0 Å². The second-order valence-corrected chi connectivity index (χ2v) is 8.88. The third kappa shape index (κ3) is 5.55. The van der Waals surface area contributed by atoms with E-state index in [0.29, 0.717) is 21.7 Å². The molecular formula is C21H23N3O3S2. The van der Waals surface area contributed by atoms with Gasteiger partial charge < -0.3 is 16.0 Å². The summed E-state index contributed by atoms with van der Waals surface area (Å²) in [5.74, 6) is 1.36. The molecule has 6 nitrogen and oxygen atoms in total. The minimum atomic E-state index is -0.436. The van der Waals surface area contributed by atoms with E-state index in [1.807, 2.05) is 35.7 Å². The van der Waals surface area contributed by atoms with E-state index in [1.165, 1.54) is 11.8 Å². The van der Waals surface area contributed by atoms with Gasteiger partial charge in [0.2, 0.25) is 5.91 Å². The first kappa shape index (κ1) is 21.3. The number of hydrogen-bond donors (Lipinski definition) is 2. The molecule has 2 aromatic carbocycles. The number of nitrogens with one attached hydrogen (secondary N) is 1. The van der Waals surface area contributed by atoms with Crippen molar-refractivity contribution in [2.45, 2.75) is 11.8 Å². The molecule has 0 atom stereocenters. The smallest absolute Gasteiger partial charge is 0.256 e. The average molecular weight is 430 g/mol. The van der Waals surface area contributed by atoms with Gasteiger partial charge in [0.1, 0.15) is 0 Å². The molecule has 3 amide bonds. The third-order valence-corrected chi connectivity index (χ3v) is 6.56. The maximum atomic E-state index is 12.8. The number of carbonyl (C=O) groups excluding carboxylic acids is 3. The van der Waals surface area contributed by atoms with Crippen molar-refractivity contribution in [1.29, 1.82) is 0 Å². The van der Waals surface area contributed by atoms with E-state index in [0.717, 1.165) is 30.2 Å². The lowest BCUT2D eigenvalue weighted by atomic mass is 10.1. The topological polar surface area (TPSA) is 92.5 Å². The average Bonchev–Trinajstić information content (AvgIpc) is 2.74. The van der Waals surface area contributed by atoms with Crippen molar-refractivity contribution >= 4 is 46.9 Å². The van der Waals surface area contributed by atoms with Crippen LogP contribution in [0.5, 0.6) is 0 Å². The van der Waals surface area contributed by atoms with Crippen LogP contribution < -0.4 is 11.1 Å². The second kappa shape index (κ2) is 9.84. The Morgan fingerprint density at radius 2 is 1.86 bits per heavy atom. The number of thioether (sulfide) groups is 2. The summed E-state index contributed by atoms with van der Waals surface area (Å²) < 4.78 is 0. The van der Waals surface area contributed by atoms with Crippen molar-refractivity contribution in [2.24, 2.45) is 5.73 Å². The molecule has 2 aromatic rings. The van der Waals surface area contributed by atoms with Gasteiger partial charge in [0.25, 0.3) is 11.8 Å². The molecule has 1 aliphatic heterocycles. The predicted octanol–water partition coefficient (Wildman–Crippen LogP) is 3.01. The molecular weight excluding hydrogens is 406 g/mol. The zero-order chi connectivity index (χ0) is 20.8. The van der Waals surface area contributed by atoms with E-state index in [1.54, 1.807) is 30.3 Å². The van der Waals surface area contributed by atoms with Gasteiger partial charge >= 0.3 is 0 Å². The number of anilines is 1. The first-order chi connectivity index (χ1) is 14.0. The highest BCUT2D eigenvalue weighted by atomic mass is 32.2. The van der Waals surface area contributed by atoms with Gasteiger partial charge in [-0.3, -0.25) is 14.4 Å². The summed E-state index contributed by atoms with van der Waals surface area (Å²) in [6, 6.07) is 12.4. The van der Waals surface area contributed by atoms with E-state index in [4.69, 9.17) is 5.73 Å². The van der Waals surface area contributed by atoms with Gasteiger partial charge in [0, 0.05) is 40.7 Å². The second-order valence-electron chi connectivity index (χ2n) is 6.64. The van der Waals surface area contributed by atoms with Crippen LogP contribution in [-0.4, -0.2) is 53.0 Å². The molecule has 1 aliphatic rings. The Morgan fingerprint density at radius 3 is 2.55 bits per heavy atom. The Morgan fingerprint density at radius 1 is 1.14 bits per heavy atom. The Labute approximate surface area is 178 Å². The number of nitrogens with zero attached hydrogens (tertiary/aromatic N) is 1. The molecule has 1 saturated heterocycles. The lowest BCUT2D eigenvalue weighted by Crippen LogP contribution is -2.37. The van der Waals surface area contributed by atoms with Crippen LogP contribution in [0.1, 0.15) is 26.3 Å². The van der Waals surface area contributed by atoms with Gasteiger partial charge in [-0.05, 0) is 42.8 Å². The van der Waals surface area contributed by atoms with Crippen LogP contribution in [0.25, 0.3) is 0 Å². The zero-order valence-electron chi connectivity index (χ0n) is 16.1. The molecule has 3 rings (SSSR count). The molecule has 0 unspecified atom stereocenters.